The molecule has 29 heavy (non-hydrogen) atoms. The summed E-state index contributed by atoms with van der Waals surface area (Å²) in [5.41, 5.74) is 6.55. The van der Waals surface area contributed by atoms with Crippen LogP contribution in [-0.2, 0) is 6.61 Å². The third kappa shape index (κ3) is 2.83. The van der Waals surface area contributed by atoms with E-state index in [4.69, 9.17) is 4.74 Å². The summed E-state index contributed by atoms with van der Waals surface area (Å²) >= 11 is 0. The summed E-state index contributed by atoms with van der Waals surface area (Å²) in [6.07, 6.45) is 3.54. The van der Waals surface area contributed by atoms with E-state index in [1.165, 1.54) is 0 Å². The van der Waals surface area contributed by atoms with Gasteiger partial charge in [-0.1, -0.05) is 18.2 Å². The molecule has 3 heterocycles. The van der Waals surface area contributed by atoms with Crippen molar-refractivity contribution in [3.05, 3.63) is 84.7 Å². The van der Waals surface area contributed by atoms with Crippen molar-refractivity contribution in [2.24, 2.45) is 0 Å². The number of nitrogens with zero attached hydrogens (tertiary/aromatic N) is 3. The smallest absolute Gasteiger partial charge is 0.120 e. The van der Waals surface area contributed by atoms with Gasteiger partial charge in [0.15, 0.2) is 0 Å². The minimum absolute atomic E-state index is 0.0275. The van der Waals surface area contributed by atoms with Crippen LogP contribution in [0.2, 0.25) is 0 Å². The molecule has 0 unspecified atom stereocenters. The monoisotopic (exact) mass is 381 g/mol. The third-order valence-electron chi connectivity index (χ3n) is 5.16. The number of fused-ring (bicyclic) bond motifs is 3. The number of benzene rings is 2. The van der Waals surface area contributed by atoms with E-state index in [1.807, 2.05) is 54.7 Å². The highest BCUT2D eigenvalue weighted by atomic mass is 16.5. The van der Waals surface area contributed by atoms with Crippen LogP contribution in [-0.4, -0.2) is 26.8 Å². The number of para-hydroxylation sites is 1. The number of hydrogen-bond acceptors (Lipinski definition) is 4. The number of hydrogen-bond donors (Lipinski definition) is 1. The SMILES string of the molecule is COc1ccc(-c2cc(CO)ccn2)c(-n2c3ccccc3c3ncccc32)c1. The summed E-state index contributed by atoms with van der Waals surface area (Å²) in [6.45, 7) is -0.0275. The molecule has 0 atom stereocenters. The van der Waals surface area contributed by atoms with E-state index in [0.717, 1.165) is 50.2 Å². The Balaban J connectivity index is 1.88. The zero-order valence-electron chi connectivity index (χ0n) is 15.9. The molecule has 1 N–H and O–H groups in total. The maximum atomic E-state index is 9.57. The van der Waals surface area contributed by atoms with E-state index in [9.17, 15) is 5.11 Å². The van der Waals surface area contributed by atoms with Gasteiger partial charge >= 0.3 is 0 Å². The molecule has 0 bridgehead atoms. The summed E-state index contributed by atoms with van der Waals surface area (Å²) in [5, 5.41) is 10.7. The van der Waals surface area contributed by atoms with Crippen molar-refractivity contribution >= 4 is 21.9 Å². The van der Waals surface area contributed by atoms with Crippen molar-refractivity contribution in [1.29, 1.82) is 0 Å². The van der Waals surface area contributed by atoms with Crippen molar-refractivity contribution in [3.63, 3.8) is 0 Å². The molecule has 142 valence electrons. The molecule has 5 aromatic rings. The van der Waals surface area contributed by atoms with Crippen LogP contribution >= 0.6 is 0 Å². The molecule has 5 heteroatoms. The first-order valence-electron chi connectivity index (χ1n) is 9.39. The van der Waals surface area contributed by atoms with Crippen LogP contribution in [0.25, 0.3) is 38.9 Å². The van der Waals surface area contributed by atoms with Crippen LogP contribution in [0.3, 0.4) is 0 Å². The Hall–Kier alpha value is -3.70. The molecule has 2 aromatic carbocycles. The van der Waals surface area contributed by atoms with Crippen LogP contribution in [0.5, 0.6) is 5.75 Å². The van der Waals surface area contributed by atoms with Crippen molar-refractivity contribution in [3.8, 4) is 22.7 Å². The second-order valence-electron chi connectivity index (χ2n) is 6.81. The number of methoxy groups -OCH3 is 1. The third-order valence-corrected chi connectivity index (χ3v) is 5.16. The van der Waals surface area contributed by atoms with E-state index in [0.29, 0.717) is 0 Å². The predicted octanol–water partition coefficient (Wildman–Crippen LogP) is 4.74. The normalized spacial score (nSPS) is 11.2. The maximum Gasteiger partial charge on any atom is 0.120 e. The van der Waals surface area contributed by atoms with Gasteiger partial charge in [0.2, 0.25) is 0 Å². The van der Waals surface area contributed by atoms with E-state index in [-0.39, 0.29) is 6.61 Å². The highest BCUT2D eigenvalue weighted by Gasteiger charge is 2.17. The first-order valence-corrected chi connectivity index (χ1v) is 9.39. The molecule has 0 saturated heterocycles. The lowest BCUT2D eigenvalue weighted by atomic mass is 10.1. The lowest BCUT2D eigenvalue weighted by Crippen LogP contribution is -2.00. The van der Waals surface area contributed by atoms with Gasteiger partial charge in [0.05, 0.1) is 41.6 Å². The van der Waals surface area contributed by atoms with Gasteiger partial charge in [-0.3, -0.25) is 9.97 Å². The van der Waals surface area contributed by atoms with Gasteiger partial charge in [0, 0.05) is 29.4 Å². The Morgan fingerprint density at radius 2 is 1.76 bits per heavy atom. The topological polar surface area (TPSA) is 60.2 Å². The fraction of sp³-hybridized carbons (Fsp3) is 0.0833. The van der Waals surface area contributed by atoms with Crippen molar-refractivity contribution in [1.82, 2.24) is 14.5 Å². The Bertz CT molecular complexity index is 1290. The fourth-order valence-corrected chi connectivity index (χ4v) is 3.80. The maximum absolute atomic E-state index is 9.57. The minimum Gasteiger partial charge on any atom is -0.497 e. The zero-order chi connectivity index (χ0) is 19.8. The summed E-state index contributed by atoms with van der Waals surface area (Å²) in [5.74, 6) is 0.761. The molecule has 3 aromatic heterocycles. The molecule has 0 fully saturated rings. The standard InChI is InChI=1S/C24H19N3O2/c1-29-17-8-9-18(20-13-16(15-28)10-12-25-20)23(14-17)27-21-6-3-2-5-19(21)24-22(27)7-4-11-26-24/h2-14,28H,15H2,1H3. The van der Waals surface area contributed by atoms with Crippen LogP contribution in [0.4, 0.5) is 0 Å². The molecule has 0 aliphatic heterocycles. The number of aromatic nitrogens is 3. The predicted molar refractivity (Wildman–Crippen MR) is 114 cm³/mol. The molecule has 0 aliphatic rings. The highest BCUT2D eigenvalue weighted by Crippen LogP contribution is 2.36. The van der Waals surface area contributed by atoms with Crippen LogP contribution in [0, 0.1) is 0 Å². The Morgan fingerprint density at radius 1 is 0.897 bits per heavy atom. The lowest BCUT2D eigenvalue weighted by Gasteiger charge is -2.15. The van der Waals surface area contributed by atoms with E-state index < -0.39 is 0 Å². The summed E-state index contributed by atoms with van der Waals surface area (Å²) < 4.78 is 7.72. The molecule has 0 aliphatic carbocycles. The van der Waals surface area contributed by atoms with E-state index in [1.54, 1.807) is 13.3 Å². The van der Waals surface area contributed by atoms with Gasteiger partial charge < -0.3 is 14.4 Å². The van der Waals surface area contributed by atoms with Gasteiger partial charge in [0.25, 0.3) is 0 Å². The average Bonchev–Trinajstić information content (AvgIpc) is 3.13. The number of ether oxygens (including phenoxy) is 1. The Morgan fingerprint density at radius 3 is 2.62 bits per heavy atom. The van der Waals surface area contributed by atoms with Gasteiger partial charge in [-0.25, -0.2) is 0 Å². The lowest BCUT2D eigenvalue weighted by molar-refractivity contribution is 0.282. The molecular weight excluding hydrogens is 362 g/mol. The summed E-state index contributed by atoms with van der Waals surface area (Å²) in [6, 6.07) is 21.9. The van der Waals surface area contributed by atoms with Crippen LogP contribution in [0.1, 0.15) is 5.56 Å². The van der Waals surface area contributed by atoms with Gasteiger partial charge in [-0.05, 0) is 48.0 Å². The second-order valence-corrected chi connectivity index (χ2v) is 6.81. The van der Waals surface area contributed by atoms with Gasteiger partial charge in [-0.2, -0.15) is 0 Å². The second kappa shape index (κ2) is 7.04. The van der Waals surface area contributed by atoms with Gasteiger partial charge in [-0.15, -0.1) is 0 Å². The molecule has 5 rings (SSSR count). The first-order chi connectivity index (χ1) is 14.3. The van der Waals surface area contributed by atoms with Crippen LogP contribution in [0.15, 0.2) is 79.1 Å². The quantitative estimate of drug-likeness (QED) is 0.488. The number of rotatable bonds is 4. The summed E-state index contributed by atoms with van der Waals surface area (Å²) in [4.78, 5) is 9.19. The first kappa shape index (κ1) is 17.4. The molecule has 0 saturated carbocycles. The molecular formula is C24H19N3O2. The molecule has 0 amide bonds. The van der Waals surface area contributed by atoms with Crippen LogP contribution < -0.4 is 4.74 Å². The fourth-order valence-electron chi connectivity index (χ4n) is 3.80. The number of aliphatic hydroxyl groups is 1. The Kier molecular flexibility index (Phi) is 4.22. The average molecular weight is 381 g/mol. The number of aliphatic hydroxyl groups excluding tert-OH is 1. The zero-order valence-corrected chi connectivity index (χ0v) is 15.9. The van der Waals surface area contributed by atoms with E-state index >= 15 is 0 Å². The number of pyridine rings is 2. The van der Waals surface area contributed by atoms with Crippen molar-refractivity contribution < 1.29 is 9.84 Å². The molecule has 5 nitrogen and oxygen atoms in total. The van der Waals surface area contributed by atoms with Crippen molar-refractivity contribution in [2.75, 3.05) is 7.11 Å². The highest BCUT2D eigenvalue weighted by molar-refractivity contribution is 6.07. The molecule has 0 spiro atoms. The van der Waals surface area contributed by atoms with Gasteiger partial charge in [0.1, 0.15) is 5.75 Å². The molecule has 0 radical (unpaired) electrons. The van der Waals surface area contributed by atoms with Crippen molar-refractivity contribution in [2.45, 2.75) is 6.61 Å². The largest absolute Gasteiger partial charge is 0.497 e. The summed E-state index contributed by atoms with van der Waals surface area (Å²) in [7, 11) is 1.66. The van der Waals surface area contributed by atoms with E-state index in [2.05, 4.69) is 32.7 Å². The minimum atomic E-state index is -0.0275. The Labute approximate surface area is 167 Å².